The van der Waals surface area contributed by atoms with Gasteiger partial charge in [0.05, 0.1) is 4.92 Å². The second kappa shape index (κ2) is 5.97. The molecule has 0 spiro atoms. The van der Waals surface area contributed by atoms with E-state index < -0.39 is 4.92 Å². The van der Waals surface area contributed by atoms with Gasteiger partial charge in [-0.25, -0.2) is 0 Å². The molecule has 18 heavy (non-hydrogen) atoms. The van der Waals surface area contributed by atoms with Crippen molar-refractivity contribution < 1.29 is 4.92 Å². The average molecular weight is 327 g/mol. The van der Waals surface area contributed by atoms with Gasteiger partial charge in [-0.05, 0) is 39.9 Å². The van der Waals surface area contributed by atoms with Gasteiger partial charge in [0.25, 0.3) is 5.69 Å². The zero-order valence-electron chi connectivity index (χ0n) is 9.43. The largest absolute Gasteiger partial charge is 0.384 e. The number of nitrogens with one attached hydrogen (secondary N) is 1. The molecular formula is C12H11BrN2O2S. The molecule has 0 radical (unpaired) electrons. The molecule has 1 aromatic carbocycles. The minimum atomic E-state index is -0.403. The number of anilines is 1. The van der Waals surface area contributed by atoms with Gasteiger partial charge in [-0.2, -0.15) is 0 Å². The molecule has 0 aliphatic heterocycles. The summed E-state index contributed by atoms with van der Waals surface area (Å²) in [7, 11) is 0. The Hall–Kier alpha value is -1.40. The molecule has 0 bridgehead atoms. The summed E-state index contributed by atoms with van der Waals surface area (Å²) in [5.74, 6) is 0. The van der Waals surface area contributed by atoms with Crippen LogP contribution in [0.3, 0.4) is 0 Å². The molecule has 1 N–H and O–H groups in total. The summed E-state index contributed by atoms with van der Waals surface area (Å²) < 4.78 is 0.711. The molecule has 2 rings (SSSR count). The number of hydrogen-bond acceptors (Lipinski definition) is 4. The van der Waals surface area contributed by atoms with E-state index in [0.29, 0.717) is 4.47 Å². The van der Waals surface area contributed by atoms with E-state index in [2.05, 4.69) is 32.7 Å². The summed E-state index contributed by atoms with van der Waals surface area (Å²) in [6.07, 6.45) is 0.946. The van der Waals surface area contributed by atoms with Crippen molar-refractivity contribution >= 4 is 38.6 Å². The Morgan fingerprint density at radius 1 is 1.39 bits per heavy atom. The predicted octanol–water partition coefficient (Wildman–Crippen LogP) is 4.07. The topological polar surface area (TPSA) is 55.2 Å². The predicted molar refractivity (Wildman–Crippen MR) is 77.3 cm³/mol. The number of nitro groups is 1. The number of benzene rings is 1. The van der Waals surface area contributed by atoms with Gasteiger partial charge < -0.3 is 5.32 Å². The van der Waals surface area contributed by atoms with Gasteiger partial charge in [0, 0.05) is 33.7 Å². The molecular weight excluding hydrogens is 316 g/mol. The lowest BCUT2D eigenvalue weighted by atomic mass is 10.2. The number of thiophene rings is 1. The maximum atomic E-state index is 10.6. The summed E-state index contributed by atoms with van der Waals surface area (Å²) in [5, 5.41) is 15.9. The van der Waals surface area contributed by atoms with Gasteiger partial charge in [-0.15, -0.1) is 11.3 Å². The van der Waals surface area contributed by atoms with Gasteiger partial charge in [0.1, 0.15) is 0 Å². The van der Waals surface area contributed by atoms with E-state index >= 15 is 0 Å². The van der Waals surface area contributed by atoms with Crippen LogP contribution in [0.1, 0.15) is 4.88 Å². The molecule has 0 aliphatic carbocycles. The smallest absolute Gasteiger partial charge is 0.270 e. The molecule has 0 fully saturated rings. The Morgan fingerprint density at radius 3 is 2.83 bits per heavy atom. The van der Waals surface area contributed by atoms with Crippen LogP contribution >= 0.6 is 27.3 Å². The number of hydrogen-bond donors (Lipinski definition) is 1. The van der Waals surface area contributed by atoms with Crippen LogP contribution in [-0.4, -0.2) is 11.5 Å². The van der Waals surface area contributed by atoms with Gasteiger partial charge >= 0.3 is 0 Å². The highest BCUT2D eigenvalue weighted by atomic mass is 79.9. The van der Waals surface area contributed by atoms with Crippen molar-refractivity contribution in [2.45, 2.75) is 6.42 Å². The average Bonchev–Trinajstić information content (AvgIpc) is 2.84. The summed E-state index contributed by atoms with van der Waals surface area (Å²) in [6, 6.07) is 8.85. The molecule has 0 atom stereocenters. The first-order valence-electron chi connectivity index (χ1n) is 5.37. The van der Waals surface area contributed by atoms with Crippen LogP contribution in [0.15, 0.2) is 40.2 Å². The molecule has 0 saturated carbocycles. The fraction of sp³-hybridized carbons (Fsp3) is 0.167. The minimum absolute atomic E-state index is 0.0886. The van der Waals surface area contributed by atoms with Crippen LogP contribution in [0, 0.1) is 10.1 Å². The Labute approximate surface area is 117 Å². The molecule has 94 valence electrons. The number of rotatable bonds is 5. The monoisotopic (exact) mass is 326 g/mol. The Kier molecular flexibility index (Phi) is 4.33. The maximum absolute atomic E-state index is 10.6. The number of halogens is 1. The van der Waals surface area contributed by atoms with Crippen LogP contribution in [0.5, 0.6) is 0 Å². The highest BCUT2D eigenvalue weighted by Gasteiger charge is 2.08. The quantitative estimate of drug-likeness (QED) is 0.665. The fourth-order valence-electron chi connectivity index (χ4n) is 1.54. The zero-order chi connectivity index (χ0) is 13.0. The van der Waals surface area contributed by atoms with Crippen molar-refractivity contribution in [1.82, 2.24) is 0 Å². The van der Waals surface area contributed by atoms with E-state index in [1.54, 1.807) is 17.4 Å². The fourth-order valence-corrected chi connectivity index (χ4v) is 2.75. The molecule has 0 aliphatic rings. The van der Waals surface area contributed by atoms with Gasteiger partial charge in [0.15, 0.2) is 0 Å². The summed E-state index contributed by atoms with van der Waals surface area (Å²) >= 11 is 5.06. The Balaban J connectivity index is 1.95. The zero-order valence-corrected chi connectivity index (χ0v) is 11.8. The first-order chi connectivity index (χ1) is 8.66. The summed E-state index contributed by atoms with van der Waals surface area (Å²) in [5.41, 5.74) is 0.961. The molecule has 2 aromatic rings. The standard InChI is InChI=1S/C12H11BrN2O2S/c13-11-8-9(15(16)17)3-4-12(11)14-6-5-10-2-1-7-18-10/h1-4,7-8,14H,5-6H2. The van der Waals surface area contributed by atoms with Crippen LogP contribution in [0.2, 0.25) is 0 Å². The molecule has 4 nitrogen and oxygen atoms in total. The molecule has 0 unspecified atom stereocenters. The van der Waals surface area contributed by atoms with E-state index in [9.17, 15) is 10.1 Å². The highest BCUT2D eigenvalue weighted by Crippen LogP contribution is 2.27. The molecule has 0 saturated heterocycles. The van der Waals surface area contributed by atoms with Crippen molar-refractivity contribution in [1.29, 1.82) is 0 Å². The third-order valence-corrected chi connectivity index (χ3v) is 4.02. The van der Waals surface area contributed by atoms with Crippen molar-refractivity contribution in [3.8, 4) is 0 Å². The lowest BCUT2D eigenvalue weighted by Gasteiger charge is -2.07. The Morgan fingerprint density at radius 2 is 2.22 bits per heavy atom. The third-order valence-electron chi connectivity index (χ3n) is 2.43. The van der Waals surface area contributed by atoms with Crippen molar-refractivity contribution in [3.05, 3.63) is 55.2 Å². The van der Waals surface area contributed by atoms with Crippen molar-refractivity contribution in [2.75, 3.05) is 11.9 Å². The molecule has 6 heteroatoms. The van der Waals surface area contributed by atoms with E-state index in [1.807, 2.05) is 6.07 Å². The van der Waals surface area contributed by atoms with Crippen molar-refractivity contribution in [2.24, 2.45) is 0 Å². The number of non-ortho nitro benzene ring substituents is 1. The van der Waals surface area contributed by atoms with E-state index in [0.717, 1.165) is 18.7 Å². The van der Waals surface area contributed by atoms with E-state index in [-0.39, 0.29) is 5.69 Å². The normalized spacial score (nSPS) is 10.3. The SMILES string of the molecule is O=[N+]([O-])c1ccc(NCCc2cccs2)c(Br)c1. The third kappa shape index (κ3) is 3.30. The minimum Gasteiger partial charge on any atom is -0.384 e. The van der Waals surface area contributed by atoms with Crippen LogP contribution < -0.4 is 5.32 Å². The first kappa shape index (κ1) is 13.0. The van der Waals surface area contributed by atoms with Crippen molar-refractivity contribution in [3.63, 3.8) is 0 Å². The van der Waals surface area contributed by atoms with Gasteiger partial charge in [0.2, 0.25) is 0 Å². The van der Waals surface area contributed by atoms with E-state index in [4.69, 9.17) is 0 Å². The van der Waals surface area contributed by atoms with Crippen LogP contribution in [0.25, 0.3) is 0 Å². The lowest BCUT2D eigenvalue weighted by Crippen LogP contribution is -2.04. The first-order valence-corrected chi connectivity index (χ1v) is 7.04. The second-order valence-corrected chi connectivity index (χ2v) is 5.56. The number of nitrogens with zero attached hydrogens (tertiary/aromatic N) is 1. The van der Waals surface area contributed by atoms with E-state index in [1.165, 1.54) is 17.0 Å². The van der Waals surface area contributed by atoms with Crippen LogP contribution in [-0.2, 0) is 6.42 Å². The van der Waals surface area contributed by atoms with Crippen LogP contribution in [0.4, 0.5) is 11.4 Å². The Bertz CT molecular complexity index is 543. The second-order valence-electron chi connectivity index (χ2n) is 3.68. The molecule has 1 aromatic heterocycles. The maximum Gasteiger partial charge on any atom is 0.270 e. The molecule has 1 heterocycles. The number of nitro benzene ring substituents is 1. The summed E-state index contributed by atoms with van der Waals surface area (Å²) in [4.78, 5) is 11.5. The van der Waals surface area contributed by atoms with Gasteiger partial charge in [-0.1, -0.05) is 6.07 Å². The summed E-state index contributed by atoms with van der Waals surface area (Å²) in [6.45, 7) is 0.803. The lowest BCUT2D eigenvalue weighted by molar-refractivity contribution is -0.384. The highest BCUT2D eigenvalue weighted by molar-refractivity contribution is 9.10. The van der Waals surface area contributed by atoms with Gasteiger partial charge in [-0.3, -0.25) is 10.1 Å². The molecule has 0 amide bonds.